The number of halogens is 1. The molecule has 0 aliphatic carbocycles. The third-order valence-corrected chi connectivity index (χ3v) is 4.70. The first kappa shape index (κ1) is 19.2. The van der Waals surface area contributed by atoms with E-state index in [1.807, 2.05) is 6.92 Å². The molecule has 2 rings (SSSR count). The number of carbonyl (C=O) groups is 1. The van der Waals surface area contributed by atoms with Crippen LogP contribution in [0.4, 0.5) is 4.39 Å². The third kappa shape index (κ3) is 5.45. The van der Waals surface area contributed by atoms with Crippen LogP contribution >= 0.6 is 11.8 Å². The summed E-state index contributed by atoms with van der Waals surface area (Å²) in [5, 5.41) is 11.2. The van der Waals surface area contributed by atoms with Crippen LogP contribution in [-0.2, 0) is 4.79 Å². The number of aromatic nitrogens is 3. The van der Waals surface area contributed by atoms with Crippen molar-refractivity contribution in [1.29, 1.82) is 0 Å². The van der Waals surface area contributed by atoms with Crippen LogP contribution in [0, 0.1) is 5.82 Å². The summed E-state index contributed by atoms with van der Waals surface area (Å²) >= 11 is 1.18. The molecule has 1 amide bonds. The Labute approximate surface area is 151 Å². The zero-order valence-corrected chi connectivity index (χ0v) is 15.4. The van der Waals surface area contributed by atoms with E-state index in [4.69, 9.17) is 5.84 Å². The summed E-state index contributed by atoms with van der Waals surface area (Å²) < 4.78 is 15.1. The van der Waals surface area contributed by atoms with Gasteiger partial charge in [0.05, 0.1) is 11.3 Å². The Morgan fingerprint density at radius 2 is 2.12 bits per heavy atom. The van der Waals surface area contributed by atoms with Gasteiger partial charge in [-0.1, -0.05) is 50.1 Å². The van der Waals surface area contributed by atoms with Gasteiger partial charge < -0.3 is 11.2 Å². The lowest BCUT2D eigenvalue weighted by molar-refractivity contribution is -0.119. The summed E-state index contributed by atoms with van der Waals surface area (Å²) in [5.41, 5.74) is 0.276. The van der Waals surface area contributed by atoms with E-state index in [0.717, 1.165) is 19.3 Å². The number of hydrogen-bond donors (Lipinski definition) is 2. The van der Waals surface area contributed by atoms with Gasteiger partial charge in [0.2, 0.25) is 11.1 Å². The summed E-state index contributed by atoms with van der Waals surface area (Å²) in [6, 6.07) is 6.36. The fourth-order valence-corrected chi connectivity index (χ4v) is 3.09. The highest BCUT2D eigenvalue weighted by atomic mass is 32.2. The second kappa shape index (κ2) is 9.41. The molecule has 0 aliphatic rings. The second-order valence-electron chi connectivity index (χ2n) is 5.91. The molecule has 0 saturated heterocycles. The fraction of sp³-hybridized carbons (Fsp3) is 0.471. The first-order valence-electron chi connectivity index (χ1n) is 8.40. The van der Waals surface area contributed by atoms with Gasteiger partial charge in [-0.2, -0.15) is 0 Å². The van der Waals surface area contributed by atoms with Gasteiger partial charge in [0.15, 0.2) is 5.82 Å². The highest BCUT2D eigenvalue weighted by Crippen LogP contribution is 2.23. The normalized spacial score (nSPS) is 12.1. The van der Waals surface area contributed by atoms with Crippen LogP contribution in [0.3, 0.4) is 0 Å². The molecule has 1 heterocycles. The zero-order valence-electron chi connectivity index (χ0n) is 14.5. The van der Waals surface area contributed by atoms with Crippen molar-refractivity contribution < 1.29 is 9.18 Å². The predicted octanol–water partition coefficient (Wildman–Crippen LogP) is 2.98. The standard InChI is InChI=1S/C17H24FN5OS/c1-3-4-5-8-12(2)20-15(24)11-25-17-22-21-16(23(17)19)13-9-6-7-10-14(13)18/h6-7,9-10,12H,3-5,8,11,19H2,1-2H3,(H,20,24). The lowest BCUT2D eigenvalue weighted by Crippen LogP contribution is -2.33. The molecule has 0 saturated carbocycles. The zero-order chi connectivity index (χ0) is 18.2. The maximum atomic E-state index is 13.8. The first-order chi connectivity index (χ1) is 12.0. The van der Waals surface area contributed by atoms with Crippen molar-refractivity contribution in [2.75, 3.05) is 11.6 Å². The van der Waals surface area contributed by atoms with Crippen LogP contribution < -0.4 is 11.2 Å². The molecule has 6 nitrogen and oxygen atoms in total. The molecule has 2 aromatic rings. The average Bonchev–Trinajstić information content (AvgIpc) is 2.94. The number of nitrogen functional groups attached to an aromatic ring is 1. The Kier molecular flexibility index (Phi) is 7.24. The van der Waals surface area contributed by atoms with E-state index in [-0.39, 0.29) is 29.1 Å². The Hall–Kier alpha value is -2.09. The van der Waals surface area contributed by atoms with E-state index in [1.165, 1.54) is 28.9 Å². The molecule has 1 unspecified atom stereocenters. The summed E-state index contributed by atoms with van der Waals surface area (Å²) in [6.45, 7) is 4.15. The number of thioether (sulfide) groups is 1. The molecule has 0 radical (unpaired) electrons. The smallest absolute Gasteiger partial charge is 0.230 e. The lowest BCUT2D eigenvalue weighted by Gasteiger charge is -2.13. The average molecular weight is 365 g/mol. The fourth-order valence-electron chi connectivity index (χ4n) is 2.42. The van der Waals surface area contributed by atoms with Crippen LogP contribution in [0.5, 0.6) is 0 Å². The maximum absolute atomic E-state index is 13.8. The number of carbonyl (C=O) groups excluding carboxylic acids is 1. The molecule has 0 bridgehead atoms. The highest BCUT2D eigenvalue weighted by Gasteiger charge is 2.16. The molecule has 8 heteroatoms. The molecular weight excluding hydrogens is 341 g/mol. The van der Waals surface area contributed by atoms with Crippen molar-refractivity contribution in [2.45, 2.75) is 50.7 Å². The van der Waals surface area contributed by atoms with Crippen molar-refractivity contribution in [3.05, 3.63) is 30.1 Å². The van der Waals surface area contributed by atoms with Gasteiger partial charge >= 0.3 is 0 Å². The number of nitrogens with one attached hydrogen (secondary N) is 1. The van der Waals surface area contributed by atoms with Gasteiger partial charge in [-0.05, 0) is 25.5 Å². The number of benzene rings is 1. The van der Waals surface area contributed by atoms with Crippen molar-refractivity contribution >= 4 is 17.7 Å². The predicted molar refractivity (Wildman–Crippen MR) is 98.0 cm³/mol. The molecule has 0 spiro atoms. The monoisotopic (exact) mass is 365 g/mol. The minimum absolute atomic E-state index is 0.0792. The molecule has 1 aromatic heterocycles. The molecule has 0 aliphatic heterocycles. The lowest BCUT2D eigenvalue weighted by atomic mass is 10.1. The number of nitrogens with zero attached hydrogens (tertiary/aromatic N) is 3. The van der Waals surface area contributed by atoms with Crippen LogP contribution in [0.25, 0.3) is 11.4 Å². The second-order valence-corrected chi connectivity index (χ2v) is 6.85. The van der Waals surface area contributed by atoms with E-state index in [9.17, 15) is 9.18 Å². The van der Waals surface area contributed by atoms with E-state index < -0.39 is 5.82 Å². The summed E-state index contributed by atoms with van der Waals surface area (Å²) in [7, 11) is 0. The van der Waals surface area contributed by atoms with Crippen molar-refractivity contribution in [3.63, 3.8) is 0 Å². The van der Waals surface area contributed by atoms with Gasteiger partial charge in [0, 0.05) is 6.04 Å². The van der Waals surface area contributed by atoms with Crippen LogP contribution in [0.15, 0.2) is 29.4 Å². The van der Waals surface area contributed by atoms with Gasteiger partial charge in [0.25, 0.3) is 0 Å². The molecule has 3 N–H and O–H groups in total. The maximum Gasteiger partial charge on any atom is 0.230 e. The van der Waals surface area contributed by atoms with E-state index in [2.05, 4.69) is 22.4 Å². The number of unbranched alkanes of at least 4 members (excludes halogenated alkanes) is 2. The van der Waals surface area contributed by atoms with E-state index in [0.29, 0.717) is 5.16 Å². The highest BCUT2D eigenvalue weighted by molar-refractivity contribution is 7.99. The molecule has 1 aromatic carbocycles. The van der Waals surface area contributed by atoms with Crippen molar-refractivity contribution in [2.24, 2.45) is 0 Å². The topological polar surface area (TPSA) is 85.8 Å². The molecular formula is C17H24FN5OS. The van der Waals surface area contributed by atoms with E-state index in [1.54, 1.807) is 18.2 Å². The molecule has 25 heavy (non-hydrogen) atoms. The van der Waals surface area contributed by atoms with Crippen LogP contribution in [0.2, 0.25) is 0 Å². The van der Waals surface area contributed by atoms with Gasteiger partial charge in [-0.15, -0.1) is 10.2 Å². The Morgan fingerprint density at radius 1 is 1.36 bits per heavy atom. The van der Waals surface area contributed by atoms with Crippen molar-refractivity contribution in [3.8, 4) is 11.4 Å². The summed E-state index contributed by atoms with van der Waals surface area (Å²) in [5.74, 6) is 5.86. The SMILES string of the molecule is CCCCCC(C)NC(=O)CSc1nnc(-c2ccccc2F)n1N. The number of nitrogens with two attached hydrogens (primary N) is 1. The minimum atomic E-state index is -0.420. The quantitative estimate of drug-likeness (QED) is 0.405. The Morgan fingerprint density at radius 3 is 2.84 bits per heavy atom. The molecule has 1 atom stereocenters. The Bertz CT molecular complexity index is 706. The van der Waals surface area contributed by atoms with Gasteiger partial charge in [0.1, 0.15) is 5.82 Å². The first-order valence-corrected chi connectivity index (χ1v) is 9.39. The number of rotatable bonds is 9. The number of amides is 1. The van der Waals surface area contributed by atoms with Crippen LogP contribution in [0.1, 0.15) is 39.5 Å². The van der Waals surface area contributed by atoms with E-state index >= 15 is 0 Å². The summed E-state index contributed by atoms with van der Waals surface area (Å²) in [4.78, 5) is 12.0. The largest absolute Gasteiger partial charge is 0.353 e. The van der Waals surface area contributed by atoms with Gasteiger partial charge in [-0.25, -0.2) is 9.07 Å². The van der Waals surface area contributed by atoms with Crippen molar-refractivity contribution in [1.82, 2.24) is 20.2 Å². The molecule has 0 fully saturated rings. The van der Waals surface area contributed by atoms with Gasteiger partial charge in [-0.3, -0.25) is 4.79 Å². The Balaban J connectivity index is 1.90. The number of hydrogen-bond acceptors (Lipinski definition) is 5. The molecule has 136 valence electrons. The summed E-state index contributed by atoms with van der Waals surface area (Å²) in [6.07, 6.45) is 4.40. The van der Waals surface area contributed by atoms with Crippen LogP contribution in [-0.4, -0.2) is 32.6 Å². The minimum Gasteiger partial charge on any atom is -0.353 e. The third-order valence-electron chi connectivity index (χ3n) is 3.76.